The van der Waals surface area contributed by atoms with Gasteiger partial charge in [-0.1, -0.05) is 53.0 Å². The molecule has 0 saturated carbocycles. The van der Waals surface area contributed by atoms with Gasteiger partial charge in [-0.15, -0.1) is 0 Å². The SMILES string of the molecule is O=C(NCc1ccccc1Cl)c1cc(F)c(Cl)cc1Cl. The predicted molar refractivity (Wildman–Crippen MR) is 79.0 cm³/mol. The van der Waals surface area contributed by atoms with Crippen LogP contribution in [0.15, 0.2) is 36.4 Å². The highest BCUT2D eigenvalue weighted by atomic mass is 35.5. The molecule has 0 aliphatic carbocycles. The maximum atomic E-state index is 13.4. The van der Waals surface area contributed by atoms with Crippen LogP contribution >= 0.6 is 34.8 Å². The average Bonchev–Trinajstić information content (AvgIpc) is 2.41. The zero-order chi connectivity index (χ0) is 14.7. The fraction of sp³-hybridized carbons (Fsp3) is 0.0714. The molecule has 0 bridgehead atoms. The predicted octanol–water partition coefficient (Wildman–Crippen LogP) is 4.72. The number of benzene rings is 2. The molecule has 1 amide bonds. The monoisotopic (exact) mass is 331 g/mol. The maximum Gasteiger partial charge on any atom is 0.253 e. The lowest BCUT2D eigenvalue weighted by molar-refractivity contribution is 0.0950. The Bertz CT molecular complexity index is 661. The average molecular weight is 333 g/mol. The van der Waals surface area contributed by atoms with Gasteiger partial charge in [-0.05, 0) is 23.8 Å². The Morgan fingerprint density at radius 2 is 1.75 bits per heavy atom. The first-order valence-electron chi connectivity index (χ1n) is 5.65. The Balaban J connectivity index is 2.13. The van der Waals surface area contributed by atoms with Gasteiger partial charge in [0.25, 0.3) is 5.91 Å². The molecule has 104 valence electrons. The molecular weight excluding hydrogens is 324 g/mol. The molecule has 0 saturated heterocycles. The van der Waals surface area contributed by atoms with Gasteiger partial charge in [0.2, 0.25) is 0 Å². The lowest BCUT2D eigenvalue weighted by Gasteiger charge is -2.08. The van der Waals surface area contributed by atoms with Crippen molar-refractivity contribution in [3.63, 3.8) is 0 Å². The normalized spacial score (nSPS) is 10.4. The smallest absolute Gasteiger partial charge is 0.253 e. The topological polar surface area (TPSA) is 29.1 Å². The van der Waals surface area contributed by atoms with E-state index in [0.29, 0.717) is 5.02 Å². The summed E-state index contributed by atoms with van der Waals surface area (Å²) in [6, 6.07) is 9.31. The first-order chi connectivity index (χ1) is 9.49. The van der Waals surface area contributed by atoms with E-state index in [1.165, 1.54) is 6.07 Å². The van der Waals surface area contributed by atoms with Gasteiger partial charge in [-0.3, -0.25) is 4.79 Å². The molecule has 2 aromatic carbocycles. The molecule has 0 aliphatic rings. The molecule has 2 aromatic rings. The van der Waals surface area contributed by atoms with E-state index in [1.807, 2.05) is 6.07 Å². The second kappa shape index (κ2) is 6.44. The third-order valence-electron chi connectivity index (χ3n) is 2.65. The molecule has 0 atom stereocenters. The first-order valence-corrected chi connectivity index (χ1v) is 6.78. The van der Waals surface area contributed by atoms with Crippen molar-refractivity contribution in [3.05, 3.63) is 68.4 Å². The molecule has 0 aromatic heterocycles. The van der Waals surface area contributed by atoms with Gasteiger partial charge < -0.3 is 5.32 Å². The van der Waals surface area contributed by atoms with Gasteiger partial charge in [-0.2, -0.15) is 0 Å². The summed E-state index contributed by atoms with van der Waals surface area (Å²) in [5, 5.41) is 3.13. The fourth-order valence-corrected chi connectivity index (χ4v) is 2.28. The molecule has 0 aliphatic heterocycles. The van der Waals surface area contributed by atoms with Crippen molar-refractivity contribution in [1.29, 1.82) is 0 Å². The van der Waals surface area contributed by atoms with E-state index in [4.69, 9.17) is 34.8 Å². The van der Waals surface area contributed by atoms with Crippen LogP contribution in [0.2, 0.25) is 15.1 Å². The molecule has 2 nitrogen and oxygen atoms in total. The van der Waals surface area contributed by atoms with E-state index in [9.17, 15) is 9.18 Å². The Hall–Kier alpha value is -1.29. The third-order valence-corrected chi connectivity index (χ3v) is 3.62. The first kappa shape index (κ1) is 15.1. The number of hydrogen-bond acceptors (Lipinski definition) is 1. The summed E-state index contributed by atoms with van der Waals surface area (Å²) in [6.45, 7) is 0.221. The minimum absolute atomic E-state index is 0.0284. The molecule has 0 unspecified atom stereocenters. The molecular formula is C14H9Cl3FNO. The number of halogens is 4. The van der Waals surface area contributed by atoms with Crippen molar-refractivity contribution in [2.45, 2.75) is 6.54 Å². The summed E-state index contributed by atoms with van der Waals surface area (Å²) in [5.41, 5.74) is 0.786. The number of amides is 1. The van der Waals surface area contributed by atoms with Gasteiger partial charge in [0, 0.05) is 11.6 Å². The summed E-state index contributed by atoms with van der Waals surface area (Å²) >= 11 is 17.4. The van der Waals surface area contributed by atoms with Gasteiger partial charge >= 0.3 is 0 Å². The Labute approximate surface area is 130 Å². The Kier molecular flexibility index (Phi) is 4.86. The van der Waals surface area contributed by atoms with Crippen molar-refractivity contribution in [2.24, 2.45) is 0 Å². The zero-order valence-corrected chi connectivity index (χ0v) is 12.4. The lowest BCUT2D eigenvalue weighted by atomic mass is 10.2. The molecule has 2 rings (SSSR count). The second-order valence-corrected chi connectivity index (χ2v) is 5.24. The standard InChI is InChI=1S/C14H9Cl3FNO/c15-10-4-2-1-3-8(10)7-19-14(20)9-5-13(18)12(17)6-11(9)16/h1-6H,7H2,(H,19,20). The number of hydrogen-bond donors (Lipinski definition) is 1. The Morgan fingerprint density at radius 1 is 1.05 bits per heavy atom. The Morgan fingerprint density at radius 3 is 2.45 bits per heavy atom. The van der Waals surface area contributed by atoms with Crippen LogP contribution in [0.25, 0.3) is 0 Å². The largest absolute Gasteiger partial charge is 0.348 e. The van der Waals surface area contributed by atoms with E-state index in [-0.39, 0.29) is 22.2 Å². The van der Waals surface area contributed by atoms with Gasteiger partial charge in [0.1, 0.15) is 5.82 Å². The van der Waals surface area contributed by atoms with Crippen LogP contribution in [0.5, 0.6) is 0 Å². The molecule has 20 heavy (non-hydrogen) atoms. The third kappa shape index (κ3) is 3.42. The number of nitrogens with one attached hydrogen (secondary N) is 1. The lowest BCUT2D eigenvalue weighted by Crippen LogP contribution is -2.23. The summed E-state index contributed by atoms with van der Waals surface area (Å²) in [7, 11) is 0. The van der Waals surface area contributed by atoms with E-state index >= 15 is 0 Å². The number of carbonyl (C=O) groups excluding carboxylic acids is 1. The van der Waals surface area contributed by atoms with Crippen LogP contribution in [0, 0.1) is 5.82 Å². The van der Waals surface area contributed by atoms with Crippen LogP contribution in [-0.2, 0) is 6.54 Å². The van der Waals surface area contributed by atoms with Crippen LogP contribution < -0.4 is 5.32 Å². The second-order valence-electron chi connectivity index (χ2n) is 4.02. The van der Waals surface area contributed by atoms with Crippen molar-refractivity contribution in [1.82, 2.24) is 5.32 Å². The highest BCUT2D eigenvalue weighted by Gasteiger charge is 2.14. The fourth-order valence-electron chi connectivity index (χ4n) is 1.61. The van der Waals surface area contributed by atoms with Crippen molar-refractivity contribution in [3.8, 4) is 0 Å². The van der Waals surface area contributed by atoms with Gasteiger partial charge in [0.05, 0.1) is 15.6 Å². The molecule has 0 heterocycles. The molecule has 0 spiro atoms. The van der Waals surface area contributed by atoms with E-state index in [2.05, 4.69) is 5.32 Å². The van der Waals surface area contributed by atoms with E-state index in [1.54, 1.807) is 18.2 Å². The summed E-state index contributed by atoms with van der Waals surface area (Å²) < 4.78 is 13.4. The van der Waals surface area contributed by atoms with E-state index < -0.39 is 11.7 Å². The van der Waals surface area contributed by atoms with Gasteiger partial charge in [-0.25, -0.2) is 4.39 Å². The zero-order valence-electron chi connectivity index (χ0n) is 10.1. The molecule has 0 fully saturated rings. The molecule has 6 heteroatoms. The molecule has 0 radical (unpaired) electrons. The van der Waals surface area contributed by atoms with E-state index in [0.717, 1.165) is 11.6 Å². The van der Waals surface area contributed by atoms with Crippen LogP contribution in [0.1, 0.15) is 15.9 Å². The van der Waals surface area contributed by atoms with Crippen molar-refractivity contribution >= 4 is 40.7 Å². The van der Waals surface area contributed by atoms with Crippen LogP contribution in [-0.4, -0.2) is 5.91 Å². The highest BCUT2D eigenvalue weighted by Crippen LogP contribution is 2.24. The minimum Gasteiger partial charge on any atom is -0.348 e. The van der Waals surface area contributed by atoms with Crippen LogP contribution in [0.4, 0.5) is 4.39 Å². The minimum atomic E-state index is -0.695. The quantitative estimate of drug-likeness (QED) is 0.810. The highest BCUT2D eigenvalue weighted by molar-refractivity contribution is 6.36. The van der Waals surface area contributed by atoms with Gasteiger partial charge in [0.15, 0.2) is 0 Å². The number of rotatable bonds is 3. The summed E-state index contributed by atoms with van der Waals surface area (Å²) in [5.74, 6) is -1.19. The maximum absolute atomic E-state index is 13.4. The van der Waals surface area contributed by atoms with Crippen molar-refractivity contribution in [2.75, 3.05) is 0 Å². The summed E-state index contributed by atoms with van der Waals surface area (Å²) in [6.07, 6.45) is 0. The van der Waals surface area contributed by atoms with Crippen LogP contribution in [0.3, 0.4) is 0 Å². The molecule has 1 N–H and O–H groups in total. The summed E-state index contributed by atoms with van der Waals surface area (Å²) in [4.78, 5) is 12.0. The van der Waals surface area contributed by atoms with Crippen molar-refractivity contribution < 1.29 is 9.18 Å². The number of carbonyl (C=O) groups is 1.